The lowest BCUT2D eigenvalue weighted by Gasteiger charge is -2.20. The van der Waals surface area contributed by atoms with E-state index in [2.05, 4.69) is 15.5 Å². The maximum Gasteiger partial charge on any atom is 0.315 e. The molecule has 1 aliphatic rings. The van der Waals surface area contributed by atoms with Gasteiger partial charge in [-0.2, -0.15) is 0 Å². The fourth-order valence-electron chi connectivity index (χ4n) is 1.98. The van der Waals surface area contributed by atoms with Gasteiger partial charge in [-0.15, -0.1) is 5.10 Å². The highest BCUT2D eigenvalue weighted by atomic mass is 35.5. The summed E-state index contributed by atoms with van der Waals surface area (Å²) in [5.41, 5.74) is 0.952. The van der Waals surface area contributed by atoms with E-state index < -0.39 is 0 Å². The minimum atomic E-state index is 0.205. The quantitative estimate of drug-likeness (QED) is 0.935. The highest BCUT2D eigenvalue weighted by Crippen LogP contribution is 2.38. The molecule has 0 unspecified atom stereocenters. The van der Waals surface area contributed by atoms with Crippen molar-refractivity contribution >= 4 is 17.6 Å². The molecule has 1 aliphatic heterocycles. The Kier molecular flexibility index (Phi) is 3.88. The van der Waals surface area contributed by atoms with Gasteiger partial charge in [-0.1, -0.05) is 30.5 Å². The molecular weight excluding hydrogens is 294 g/mol. The van der Waals surface area contributed by atoms with E-state index >= 15 is 0 Å². The summed E-state index contributed by atoms with van der Waals surface area (Å²) in [6.45, 7) is 5.55. The molecule has 112 valence electrons. The van der Waals surface area contributed by atoms with Crippen LogP contribution in [0.15, 0.2) is 16.5 Å². The summed E-state index contributed by atoms with van der Waals surface area (Å²) in [4.78, 5) is 0. The molecule has 1 aromatic heterocycles. The number of halogens is 1. The molecule has 0 bridgehead atoms. The molecule has 1 aromatic carbocycles. The van der Waals surface area contributed by atoms with E-state index in [1.165, 1.54) is 0 Å². The Bertz CT molecular complexity index is 642. The van der Waals surface area contributed by atoms with Crippen molar-refractivity contribution in [1.82, 2.24) is 10.2 Å². The number of rotatable bonds is 4. The first-order chi connectivity index (χ1) is 10.1. The van der Waals surface area contributed by atoms with Gasteiger partial charge in [0.1, 0.15) is 13.2 Å². The number of ether oxygens (including phenoxy) is 2. The molecule has 6 nitrogen and oxygen atoms in total. The lowest BCUT2D eigenvalue weighted by molar-refractivity contribution is 0.171. The Morgan fingerprint density at radius 1 is 1.24 bits per heavy atom. The molecule has 2 aromatic rings. The SMILES string of the molecule is CC(C)c1nnc(NCc2cc(Cl)c3c(c2)OCCO3)o1. The lowest BCUT2D eigenvalue weighted by atomic mass is 10.2. The van der Waals surface area contributed by atoms with E-state index in [4.69, 9.17) is 25.5 Å². The highest BCUT2D eigenvalue weighted by molar-refractivity contribution is 6.32. The molecule has 0 aliphatic carbocycles. The molecule has 0 saturated heterocycles. The Hall–Kier alpha value is -1.95. The van der Waals surface area contributed by atoms with Gasteiger partial charge in [-0.25, -0.2) is 0 Å². The number of benzene rings is 1. The van der Waals surface area contributed by atoms with E-state index in [1.54, 1.807) is 0 Å². The van der Waals surface area contributed by atoms with Gasteiger partial charge in [0.15, 0.2) is 11.5 Å². The van der Waals surface area contributed by atoms with Crippen LogP contribution in [-0.4, -0.2) is 23.4 Å². The van der Waals surface area contributed by atoms with Gasteiger partial charge in [0.25, 0.3) is 0 Å². The summed E-state index contributed by atoms with van der Waals surface area (Å²) in [5, 5.41) is 11.5. The number of hydrogen-bond acceptors (Lipinski definition) is 6. The molecule has 0 atom stereocenters. The number of aromatic nitrogens is 2. The van der Waals surface area contributed by atoms with Crippen LogP contribution in [0.4, 0.5) is 6.01 Å². The van der Waals surface area contributed by atoms with Crippen LogP contribution >= 0.6 is 11.6 Å². The van der Waals surface area contributed by atoms with Crippen LogP contribution in [0.2, 0.25) is 5.02 Å². The van der Waals surface area contributed by atoms with Crippen molar-refractivity contribution in [2.75, 3.05) is 18.5 Å². The molecular formula is C14H16ClN3O3. The smallest absolute Gasteiger partial charge is 0.315 e. The van der Waals surface area contributed by atoms with Crippen LogP contribution in [0.25, 0.3) is 0 Å². The van der Waals surface area contributed by atoms with Crippen molar-refractivity contribution in [3.63, 3.8) is 0 Å². The van der Waals surface area contributed by atoms with Gasteiger partial charge in [0.05, 0.1) is 5.02 Å². The van der Waals surface area contributed by atoms with Crippen molar-refractivity contribution in [2.24, 2.45) is 0 Å². The summed E-state index contributed by atoms with van der Waals surface area (Å²) < 4.78 is 16.5. The standard InChI is InChI=1S/C14H16ClN3O3/c1-8(2)13-17-18-14(21-13)16-7-9-5-10(15)12-11(6-9)19-3-4-20-12/h5-6,8H,3-4,7H2,1-2H3,(H,16,18). The zero-order valence-electron chi connectivity index (χ0n) is 11.9. The summed E-state index contributed by atoms with van der Waals surface area (Å²) in [6, 6.07) is 4.12. The van der Waals surface area contributed by atoms with Crippen LogP contribution in [0.3, 0.4) is 0 Å². The summed E-state index contributed by atoms with van der Waals surface area (Å²) >= 11 is 6.19. The van der Waals surface area contributed by atoms with Crippen LogP contribution in [0.5, 0.6) is 11.5 Å². The van der Waals surface area contributed by atoms with Crippen LogP contribution in [0, 0.1) is 0 Å². The zero-order chi connectivity index (χ0) is 14.8. The summed E-state index contributed by atoms with van der Waals surface area (Å²) in [7, 11) is 0. The van der Waals surface area contributed by atoms with Crippen molar-refractivity contribution in [1.29, 1.82) is 0 Å². The van der Waals surface area contributed by atoms with Gasteiger partial charge in [0.2, 0.25) is 5.89 Å². The average molecular weight is 310 g/mol. The maximum absolute atomic E-state index is 6.19. The molecule has 0 fully saturated rings. The van der Waals surface area contributed by atoms with E-state index in [-0.39, 0.29) is 5.92 Å². The topological polar surface area (TPSA) is 69.4 Å². The predicted molar refractivity (Wildman–Crippen MR) is 78.2 cm³/mol. The van der Waals surface area contributed by atoms with Gasteiger partial charge in [-0.05, 0) is 17.7 Å². The number of anilines is 1. The largest absolute Gasteiger partial charge is 0.486 e. The van der Waals surface area contributed by atoms with E-state index in [9.17, 15) is 0 Å². The van der Waals surface area contributed by atoms with Gasteiger partial charge in [-0.3, -0.25) is 0 Å². The van der Waals surface area contributed by atoms with Crippen molar-refractivity contribution in [3.8, 4) is 11.5 Å². The van der Waals surface area contributed by atoms with Crippen LogP contribution < -0.4 is 14.8 Å². The van der Waals surface area contributed by atoms with E-state index in [0.717, 1.165) is 5.56 Å². The predicted octanol–water partition coefficient (Wildman–Crippen LogP) is 3.23. The Morgan fingerprint density at radius 3 is 2.81 bits per heavy atom. The maximum atomic E-state index is 6.19. The minimum Gasteiger partial charge on any atom is -0.486 e. The molecule has 0 spiro atoms. The number of hydrogen-bond donors (Lipinski definition) is 1. The fraction of sp³-hybridized carbons (Fsp3) is 0.429. The average Bonchev–Trinajstić information content (AvgIpc) is 2.94. The molecule has 3 rings (SSSR count). The second-order valence-electron chi connectivity index (χ2n) is 5.06. The molecule has 7 heteroatoms. The van der Waals surface area contributed by atoms with Gasteiger partial charge >= 0.3 is 6.01 Å². The Balaban J connectivity index is 1.71. The Morgan fingerprint density at radius 2 is 2.05 bits per heavy atom. The lowest BCUT2D eigenvalue weighted by Crippen LogP contribution is -2.16. The molecule has 1 N–H and O–H groups in total. The normalized spacial score (nSPS) is 13.5. The first kappa shape index (κ1) is 14.0. The third-order valence-corrected chi connectivity index (χ3v) is 3.32. The van der Waals surface area contributed by atoms with Crippen molar-refractivity contribution in [3.05, 3.63) is 28.6 Å². The summed E-state index contributed by atoms with van der Waals surface area (Å²) in [6.07, 6.45) is 0. The van der Waals surface area contributed by atoms with Gasteiger partial charge in [0, 0.05) is 12.5 Å². The number of nitrogens with zero attached hydrogens (tertiary/aromatic N) is 2. The van der Waals surface area contributed by atoms with E-state index in [0.29, 0.717) is 48.2 Å². The highest BCUT2D eigenvalue weighted by Gasteiger charge is 2.17. The Labute approximate surface area is 127 Å². The second kappa shape index (κ2) is 5.81. The van der Waals surface area contributed by atoms with Crippen LogP contribution in [0.1, 0.15) is 31.2 Å². The third-order valence-electron chi connectivity index (χ3n) is 3.03. The molecule has 0 radical (unpaired) electrons. The van der Waals surface area contributed by atoms with Crippen molar-refractivity contribution < 1.29 is 13.9 Å². The third kappa shape index (κ3) is 3.05. The molecule has 21 heavy (non-hydrogen) atoms. The summed E-state index contributed by atoms with van der Waals surface area (Å²) in [5.74, 6) is 2.08. The van der Waals surface area contributed by atoms with Gasteiger partial charge < -0.3 is 19.2 Å². The molecule has 2 heterocycles. The number of fused-ring (bicyclic) bond motifs is 1. The molecule has 0 amide bonds. The number of nitrogens with one attached hydrogen (secondary N) is 1. The molecule has 0 saturated carbocycles. The first-order valence-corrected chi connectivity index (χ1v) is 7.16. The fourth-order valence-corrected chi connectivity index (χ4v) is 2.27. The monoisotopic (exact) mass is 309 g/mol. The first-order valence-electron chi connectivity index (χ1n) is 6.79. The zero-order valence-corrected chi connectivity index (χ0v) is 12.6. The van der Waals surface area contributed by atoms with E-state index in [1.807, 2.05) is 26.0 Å². The second-order valence-corrected chi connectivity index (χ2v) is 5.46. The van der Waals surface area contributed by atoms with Crippen molar-refractivity contribution in [2.45, 2.75) is 26.3 Å². The van der Waals surface area contributed by atoms with Crippen LogP contribution in [-0.2, 0) is 6.54 Å². The minimum absolute atomic E-state index is 0.205.